The number of nitrogens with zero attached hydrogens (tertiary/aromatic N) is 1. The number of hydrogen-bond acceptors (Lipinski definition) is 2. The van der Waals surface area contributed by atoms with Crippen LogP contribution in [0.2, 0.25) is 15.1 Å². The number of aromatic hydroxyl groups is 1. The van der Waals surface area contributed by atoms with Crippen LogP contribution in [-0.2, 0) is 11.2 Å². The fourth-order valence-electron chi connectivity index (χ4n) is 3.47. The van der Waals surface area contributed by atoms with Crippen molar-refractivity contribution in [1.29, 1.82) is 0 Å². The van der Waals surface area contributed by atoms with Gasteiger partial charge in [-0.3, -0.25) is 9.69 Å². The van der Waals surface area contributed by atoms with Crippen LogP contribution in [-0.4, -0.2) is 11.0 Å². The zero-order chi connectivity index (χ0) is 20.0. The lowest BCUT2D eigenvalue weighted by Gasteiger charge is -2.32. The van der Waals surface area contributed by atoms with Crippen LogP contribution in [0.4, 0.5) is 15.8 Å². The molecule has 0 fully saturated rings. The molecule has 0 bridgehead atoms. The zero-order valence-electron chi connectivity index (χ0n) is 14.3. The Hall–Kier alpha value is -2.27. The fraction of sp³-hybridized carbons (Fsp3) is 0.0952. The van der Waals surface area contributed by atoms with Gasteiger partial charge in [-0.05, 0) is 53.9 Å². The van der Waals surface area contributed by atoms with Gasteiger partial charge in [-0.2, -0.15) is 0 Å². The minimum Gasteiger partial charge on any atom is -0.508 e. The third-order valence-electron chi connectivity index (χ3n) is 4.67. The van der Waals surface area contributed by atoms with Crippen molar-refractivity contribution in [2.24, 2.45) is 0 Å². The van der Waals surface area contributed by atoms with Crippen LogP contribution in [0.25, 0.3) is 11.1 Å². The Morgan fingerprint density at radius 1 is 0.893 bits per heavy atom. The molecular weight excluding hydrogens is 424 g/mol. The fourth-order valence-corrected chi connectivity index (χ4v) is 4.26. The third kappa shape index (κ3) is 3.22. The van der Waals surface area contributed by atoms with E-state index in [2.05, 4.69) is 0 Å². The summed E-state index contributed by atoms with van der Waals surface area (Å²) in [6.45, 7) is 0. The Morgan fingerprint density at radius 3 is 2.32 bits per heavy atom. The minimum atomic E-state index is -0.450. The molecule has 0 spiro atoms. The highest BCUT2D eigenvalue weighted by Gasteiger charge is 2.31. The van der Waals surface area contributed by atoms with Crippen molar-refractivity contribution in [1.82, 2.24) is 0 Å². The predicted molar refractivity (Wildman–Crippen MR) is 110 cm³/mol. The molecule has 1 aliphatic rings. The van der Waals surface area contributed by atoms with Crippen LogP contribution < -0.4 is 4.90 Å². The standard InChI is InChI=1S/C21H13Cl3FNO2/c22-16-6-4-11(25)8-15(16)14-9-12(27)10-19-13(14)5-7-20(28)26(19)21-17(23)2-1-3-18(21)24/h1-4,6,8-10,27H,5,7H2. The molecule has 1 aliphatic heterocycles. The molecule has 4 rings (SSSR count). The molecule has 28 heavy (non-hydrogen) atoms. The Morgan fingerprint density at radius 2 is 1.61 bits per heavy atom. The summed E-state index contributed by atoms with van der Waals surface area (Å²) in [6, 6.07) is 12.0. The van der Waals surface area contributed by atoms with Gasteiger partial charge in [0.1, 0.15) is 11.6 Å². The normalized spacial score (nSPS) is 13.6. The van der Waals surface area contributed by atoms with Crippen LogP contribution in [0.5, 0.6) is 5.75 Å². The van der Waals surface area contributed by atoms with Crippen molar-refractivity contribution in [3.05, 3.63) is 75.0 Å². The van der Waals surface area contributed by atoms with Crippen molar-refractivity contribution in [2.45, 2.75) is 12.8 Å². The Labute approximate surface area is 175 Å². The first-order valence-corrected chi connectivity index (χ1v) is 9.58. The monoisotopic (exact) mass is 435 g/mol. The van der Waals surface area contributed by atoms with Gasteiger partial charge in [0.05, 0.1) is 21.4 Å². The average molecular weight is 437 g/mol. The summed E-state index contributed by atoms with van der Waals surface area (Å²) in [5, 5.41) is 11.3. The Balaban J connectivity index is 2.00. The number of para-hydroxylation sites is 1. The van der Waals surface area contributed by atoms with Gasteiger partial charge >= 0.3 is 0 Å². The maximum absolute atomic E-state index is 13.9. The van der Waals surface area contributed by atoms with Crippen LogP contribution in [0.1, 0.15) is 12.0 Å². The summed E-state index contributed by atoms with van der Waals surface area (Å²) >= 11 is 18.9. The van der Waals surface area contributed by atoms with Crippen molar-refractivity contribution < 1.29 is 14.3 Å². The SMILES string of the molecule is O=C1CCc2c(-c3cc(F)ccc3Cl)cc(O)cc2N1c1c(Cl)cccc1Cl. The van der Waals surface area contributed by atoms with Crippen LogP contribution in [0, 0.1) is 5.82 Å². The van der Waals surface area contributed by atoms with E-state index in [0.29, 0.717) is 44.0 Å². The predicted octanol–water partition coefficient (Wildman–Crippen LogP) is 6.77. The van der Waals surface area contributed by atoms with Gasteiger partial charge in [0, 0.05) is 23.1 Å². The number of halogens is 4. The second-order valence-corrected chi connectivity index (χ2v) is 7.64. The molecule has 0 saturated carbocycles. The number of carbonyl (C=O) groups excluding carboxylic acids is 1. The molecule has 0 saturated heterocycles. The maximum Gasteiger partial charge on any atom is 0.231 e. The molecule has 1 N–H and O–H groups in total. The first kappa shape index (κ1) is 19.1. The van der Waals surface area contributed by atoms with E-state index in [1.165, 1.54) is 35.2 Å². The summed E-state index contributed by atoms with van der Waals surface area (Å²) in [5.41, 5.74) is 2.54. The number of anilines is 2. The molecule has 142 valence electrons. The second kappa shape index (κ2) is 7.28. The molecule has 7 heteroatoms. The maximum atomic E-state index is 13.9. The number of phenolic OH excluding ortho intramolecular Hbond substituents is 1. The van der Waals surface area contributed by atoms with Crippen LogP contribution in [0.3, 0.4) is 0 Å². The molecule has 0 radical (unpaired) electrons. The first-order chi connectivity index (χ1) is 13.4. The number of rotatable bonds is 2. The van der Waals surface area contributed by atoms with Gasteiger partial charge < -0.3 is 5.11 Å². The molecule has 1 amide bonds. The highest BCUT2D eigenvalue weighted by molar-refractivity contribution is 6.40. The topological polar surface area (TPSA) is 40.5 Å². The summed E-state index contributed by atoms with van der Waals surface area (Å²) in [5.74, 6) is -0.740. The zero-order valence-corrected chi connectivity index (χ0v) is 16.6. The van der Waals surface area contributed by atoms with Crippen molar-refractivity contribution in [2.75, 3.05) is 4.90 Å². The number of phenols is 1. The van der Waals surface area contributed by atoms with Gasteiger partial charge in [0.2, 0.25) is 5.91 Å². The lowest BCUT2D eigenvalue weighted by atomic mass is 9.91. The summed E-state index contributed by atoms with van der Waals surface area (Å²) in [7, 11) is 0. The number of hydrogen-bond donors (Lipinski definition) is 1. The average Bonchev–Trinajstić information content (AvgIpc) is 2.64. The van der Waals surface area contributed by atoms with E-state index in [0.717, 1.165) is 5.56 Å². The van der Waals surface area contributed by atoms with Crippen LogP contribution in [0.15, 0.2) is 48.5 Å². The van der Waals surface area contributed by atoms with E-state index in [-0.39, 0.29) is 18.1 Å². The lowest BCUT2D eigenvalue weighted by molar-refractivity contribution is -0.118. The van der Waals surface area contributed by atoms with E-state index >= 15 is 0 Å². The van der Waals surface area contributed by atoms with Gasteiger partial charge in [0.25, 0.3) is 0 Å². The first-order valence-electron chi connectivity index (χ1n) is 8.45. The third-order valence-corrected chi connectivity index (χ3v) is 5.61. The number of carbonyl (C=O) groups is 1. The molecule has 3 nitrogen and oxygen atoms in total. The summed E-state index contributed by atoms with van der Waals surface area (Å²) < 4.78 is 13.9. The lowest BCUT2D eigenvalue weighted by Crippen LogP contribution is -2.31. The Kier molecular flexibility index (Phi) is 4.96. The van der Waals surface area contributed by atoms with Crippen molar-refractivity contribution in [3.63, 3.8) is 0 Å². The van der Waals surface area contributed by atoms with E-state index in [1.54, 1.807) is 18.2 Å². The highest BCUT2D eigenvalue weighted by Crippen LogP contribution is 2.47. The minimum absolute atomic E-state index is 0.0862. The van der Waals surface area contributed by atoms with Gasteiger partial charge in [0.15, 0.2) is 0 Å². The molecule has 3 aromatic carbocycles. The largest absolute Gasteiger partial charge is 0.508 e. The smallest absolute Gasteiger partial charge is 0.231 e. The van der Waals surface area contributed by atoms with E-state index < -0.39 is 5.82 Å². The number of fused-ring (bicyclic) bond motifs is 1. The van der Waals surface area contributed by atoms with Gasteiger partial charge in [-0.1, -0.05) is 40.9 Å². The van der Waals surface area contributed by atoms with E-state index in [1.807, 2.05) is 0 Å². The molecule has 0 atom stereocenters. The van der Waals surface area contributed by atoms with Gasteiger partial charge in [-0.25, -0.2) is 4.39 Å². The van der Waals surface area contributed by atoms with E-state index in [9.17, 15) is 14.3 Å². The molecule has 0 unspecified atom stereocenters. The number of benzene rings is 3. The van der Waals surface area contributed by atoms with E-state index in [4.69, 9.17) is 34.8 Å². The number of amides is 1. The van der Waals surface area contributed by atoms with Crippen LogP contribution >= 0.6 is 34.8 Å². The van der Waals surface area contributed by atoms with Crippen molar-refractivity contribution >= 4 is 52.1 Å². The quantitative estimate of drug-likeness (QED) is 0.481. The second-order valence-electron chi connectivity index (χ2n) is 6.41. The van der Waals surface area contributed by atoms with Crippen molar-refractivity contribution in [3.8, 4) is 16.9 Å². The summed E-state index contributed by atoms with van der Waals surface area (Å²) in [4.78, 5) is 14.2. The molecule has 0 aromatic heterocycles. The Bertz CT molecular complexity index is 1100. The molecule has 0 aliphatic carbocycles. The highest BCUT2D eigenvalue weighted by atomic mass is 35.5. The molecular formula is C21H13Cl3FNO2. The van der Waals surface area contributed by atoms with Gasteiger partial charge in [-0.15, -0.1) is 0 Å². The molecule has 1 heterocycles. The summed E-state index contributed by atoms with van der Waals surface area (Å²) in [6.07, 6.45) is 0.619. The molecule has 3 aromatic rings.